The Morgan fingerprint density at radius 2 is 2.03 bits per heavy atom. The standard InChI is InChI=1S/C21H27N7O2/c1-6-28-13-16(11-25-28)26-19-22-8-7-17(27-19)15-9-14(2)18(23-10-15)12-24-20(29)30-21(3,4)5/h7-11,13H,6,12H2,1-5H3,(H,24,29)(H,22,26,27). The average Bonchev–Trinajstić information content (AvgIpc) is 3.13. The van der Waals surface area contributed by atoms with Gasteiger partial charge in [-0.15, -0.1) is 0 Å². The Hall–Kier alpha value is -3.49. The van der Waals surface area contributed by atoms with Gasteiger partial charge in [0.1, 0.15) is 5.60 Å². The van der Waals surface area contributed by atoms with Crippen molar-refractivity contribution in [3.63, 3.8) is 0 Å². The third kappa shape index (κ3) is 5.76. The second kappa shape index (κ2) is 8.89. The van der Waals surface area contributed by atoms with Crippen LogP contribution in [-0.4, -0.2) is 36.4 Å². The molecular formula is C21H27N7O2. The number of pyridine rings is 1. The van der Waals surface area contributed by atoms with E-state index in [9.17, 15) is 4.79 Å². The summed E-state index contributed by atoms with van der Waals surface area (Å²) in [5.41, 5.74) is 3.61. The SMILES string of the molecule is CCn1cc(Nc2nccc(-c3cnc(CNC(=O)OC(C)(C)C)c(C)c3)n2)cn1. The molecule has 9 nitrogen and oxygen atoms in total. The number of anilines is 2. The number of hydrogen-bond donors (Lipinski definition) is 2. The maximum Gasteiger partial charge on any atom is 0.407 e. The van der Waals surface area contributed by atoms with Crippen LogP contribution in [0.25, 0.3) is 11.3 Å². The van der Waals surface area contributed by atoms with Gasteiger partial charge in [0.25, 0.3) is 0 Å². The Bertz CT molecular complexity index is 1020. The van der Waals surface area contributed by atoms with Gasteiger partial charge in [-0.1, -0.05) is 0 Å². The van der Waals surface area contributed by atoms with Crippen LogP contribution in [0.1, 0.15) is 39.0 Å². The Labute approximate surface area is 175 Å². The molecule has 3 rings (SSSR count). The van der Waals surface area contributed by atoms with E-state index in [2.05, 4.69) is 30.7 Å². The maximum atomic E-state index is 11.8. The van der Waals surface area contributed by atoms with Crippen molar-refractivity contribution in [2.75, 3.05) is 5.32 Å². The fraction of sp³-hybridized carbons (Fsp3) is 0.381. The molecule has 0 aliphatic heterocycles. The molecule has 9 heteroatoms. The average molecular weight is 409 g/mol. The first-order valence-electron chi connectivity index (χ1n) is 9.79. The zero-order valence-corrected chi connectivity index (χ0v) is 17.9. The molecule has 0 unspecified atom stereocenters. The van der Waals surface area contributed by atoms with E-state index >= 15 is 0 Å². The summed E-state index contributed by atoms with van der Waals surface area (Å²) in [6.07, 6.45) is 6.60. The molecule has 0 radical (unpaired) electrons. The van der Waals surface area contributed by atoms with Crippen molar-refractivity contribution in [3.05, 3.63) is 48.2 Å². The molecule has 3 aromatic rings. The summed E-state index contributed by atoms with van der Waals surface area (Å²) in [7, 11) is 0. The van der Waals surface area contributed by atoms with Gasteiger partial charge >= 0.3 is 6.09 Å². The fourth-order valence-corrected chi connectivity index (χ4v) is 2.71. The summed E-state index contributed by atoms with van der Waals surface area (Å²) >= 11 is 0. The molecule has 0 spiro atoms. The van der Waals surface area contributed by atoms with E-state index in [1.807, 2.05) is 57.6 Å². The zero-order valence-electron chi connectivity index (χ0n) is 17.9. The molecule has 0 bridgehead atoms. The minimum atomic E-state index is -0.537. The number of carbonyl (C=O) groups excluding carboxylic acids is 1. The lowest BCUT2D eigenvalue weighted by atomic mass is 10.1. The van der Waals surface area contributed by atoms with E-state index < -0.39 is 11.7 Å². The van der Waals surface area contributed by atoms with Crippen LogP contribution in [0.4, 0.5) is 16.4 Å². The van der Waals surface area contributed by atoms with Crippen molar-refractivity contribution in [2.24, 2.45) is 0 Å². The summed E-state index contributed by atoms with van der Waals surface area (Å²) in [5.74, 6) is 0.483. The predicted octanol–water partition coefficient (Wildman–Crippen LogP) is 3.83. The van der Waals surface area contributed by atoms with Gasteiger partial charge in [0, 0.05) is 30.7 Å². The fourth-order valence-electron chi connectivity index (χ4n) is 2.71. The largest absolute Gasteiger partial charge is 0.444 e. The Morgan fingerprint density at radius 1 is 1.23 bits per heavy atom. The highest BCUT2D eigenvalue weighted by molar-refractivity contribution is 5.68. The number of rotatable bonds is 6. The summed E-state index contributed by atoms with van der Waals surface area (Å²) in [6.45, 7) is 10.5. The molecule has 0 atom stereocenters. The van der Waals surface area contributed by atoms with Crippen LogP contribution in [0, 0.1) is 6.92 Å². The lowest BCUT2D eigenvalue weighted by Gasteiger charge is -2.19. The topological polar surface area (TPSA) is 107 Å². The molecule has 3 heterocycles. The number of hydrogen-bond acceptors (Lipinski definition) is 7. The van der Waals surface area contributed by atoms with Gasteiger partial charge in [0.15, 0.2) is 0 Å². The third-order valence-electron chi connectivity index (χ3n) is 4.15. The molecule has 0 saturated heterocycles. The van der Waals surface area contributed by atoms with E-state index in [0.29, 0.717) is 12.5 Å². The minimum Gasteiger partial charge on any atom is -0.444 e. The van der Waals surface area contributed by atoms with Crippen LogP contribution in [-0.2, 0) is 17.8 Å². The number of nitrogens with one attached hydrogen (secondary N) is 2. The lowest BCUT2D eigenvalue weighted by molar-refractivity contribution is 0.0523. The Morgan fingerprint density at radius 3 is 2.70 bits per heavy atom. The predicted molar refractivity (Wildman–Crippen MR) is 114 cm³/mol. The van der Waals surface area contributed by atoms with E-state index in [1.54, 1.807) is 18.6 Å². The smallest absolute Gasteiger partial charge is 0.407 e. The van der Waals surface area contributed by atoms with E-state index in [0.717, 1.165) is 34.7 Å². The number of nitrogens with zero attached hydrogens (tertiary/aromatic N) is 5. The summed E-state index contributed by atoms with van der Waals surface area (Å²) < 4.78 is 7.08. The summed E-state index contributed by atoms with van der Waals surface area (Å²) in [6, 6.07) is 3.82. The number of ether oxygens (including phenoxy) is 1. The van der Waals surface area contributed by atoms with Gasteiger partial charge in [-0.25, -0.2) is 14.8 Å². The lowest BCUT2D eigenvalue weighted by Crippen LogP contribution is -2.32. The van der Waals surface area contributed by atoms with Gasteiger partial charge in [0.2, 0.25) is 5.95 Å². The van der Waals surface area contributed by atoms with Crippen LogP contribution in [0.5, 0.6) is 0 Å². The molecule has 0 aliphatic rings. The first kappa shape index (κ1) is 21.2. The van der Waals surface area contributed by atoms with Crippen molar-refractivity contribution in [2.45, 2.75) is 53.3 Å². The van der Waals surface area contributed by atoms with E-state index in [-0.39, 0.29) is 0 Å². The molecule has 0 saturated carbocycles. The number of carbonyl (C=O) groups is 1. The normalized spacial score (nSPS) is 11.2. The summed E-state index contributed by atoms with van der Waals surface area (Å²) in [5, 5.41) is 10.1. The third-order valence-corrected chi connectivity index (χ3v) is 4.15. The Balaban J connectivity index is 1.69. The van der Waals surface area contributed by atoms with Crippen molar-refractivity contribution in [1.29, 1.82) is 0 Å². The van der Waals surface area contributed by atoms with Crippen LogP contribution in [0.15, 0.2) is 36.9 Å². The van der Waals surface area contributed by atoms with Crippen LogP contribution < -0.4 is 10.6 Å². The number of amides is 1. The highest BCUT2D eigenvalue weighted by Gasteiger charge is 2.16. The van der Waals surface area contributed by atoms with Gasteiger partial charge in [-0.3, -0.25) is 9.67 Å². The molecule has 0 fully saturated rings. The van der Waals surface area contributed by atoms with Crippen molar-refractivity contribution < 1.29 is 9.53 Å². The minimum absolute atomic E-state index is 0.291. The highest BCUT2D eigenvalue weighted by Crippen LogP contribution is 2.21. The maximum absolute atomic E-state index is 11.8. The number of aryl methyl sites for hydroxylation is 2. The van der Waals surface area contributed by atoms with Crippen LogP contribution in [0.2, 0.25) is 0 Å². The molecule has 1 amide bonds. The molecule has 30 heavy (non-hydrogen) atoms. The van der Waals surface area contributed by atoms with E-state index in [1.165, 1.54) is 0 Å². The van der Waals surface area contributed by atoms with Crippen LogP contribution in [0.3, 0.4) is 0 Å². The van der Waals surface area contributed by atoms with Crippen molar-refractivity contribution >= 4 is 17.7 Å². The first-order valence-corrected chi connectivity index (χ1v) is 9.79. The molecule has 3 aromatic heterocycles. The second-order valence-corrected chi connectivity index (χ2v) is 7.82. The molecule has 158 valence electrons. The van der Waals surface area contributed by atoms with Crippen LogP contribution >= 0.6 is 0 Å². The summed E-state index contributed by atoms with van der Waals surface area (Å²) in [4.78, 5) is 25.2. The van der Waals surface area contributed by atoms with Crippen molar-refractivity contribution in [3.8, 4) is 11.3 Å². The number of aromatic nitrogens is 5. The second-order valence-electron chi connectivity index (χ2n) is 7.82. The molecule has 0 aliphatic carbocycles. The van der Waals surface area contributed by atoms with Gasteiger partial charge < -0.3 is 15.4 Å². The molecular weight excluding hydrogens is 382 g/mol. The van der Waals surface area contributed by atoms with Gasteiger partial charge in [0.05, 0.1) is 29.8 Å². The van der Waals surface area contributed by atoms with Gasteiger partial charge in [-0.2, -0.15) is 5.10 Å². The zero-order chi connectivity index (χ0) is 21.7. The molecule has 2 N–H and O–H groups in total. The van der Waals surface area contributed by atoms with Gasteiger partial charge in [-0.05, 0) is 52.3 Å². The number of alkyl carbamates (subject to hydrolysis) is 1. The first-order chi connectivity index (χ1) is 14.2. The quantitative estimate of drug-likeness (QED) is 0.637. The highest BCUT2D eigenvalue weighted by atomic mass is 16.6. The van der Waals surface area contributed by atoms with E-state index in [4.69, 9.17) is 4.74 Å². The van der Waals surface area contributed by atoms with Crippen molar-refractivity contribution in [1.82, 2.24) is 30.0 Å². The molecule has 0 aromatic carbocycles. The monoisotopic (exact) mass is 409 g/mol. The Kier molecular flexibility index (Phi) is 6.29.